The molecule has 154 valence electrons. The van der Waals surface area contributed by atoms with E-state index in [1.807, 2.05) is 31.2 Å². The van der Waals surface area contributed by atoms with E-state index in [4.69, 9.17) is 11.6 Å². The molecule has 1 aliphatic rings. The summed E-state index contributed by atoms with van der Waals surface area (Å²) in [6.45, 7) is 1.66. The van der Waals surface area contributed by atoms with E-state index in [9.17, 15) is 13.2 Å². The zero-order valence-electron chi connectivity index (χ0n) is 16.4. The van der Waals surface area contributed by atoms with E-state index < -0.39 is 10.0 Å². The third-order valence-corrected chi connectivity index (χ3v) is 7.24. The van der Waals surface area contributed by atoms with Gasteiger partial charge in [0.1, 0.15) is 6.54 Å². The molecule has 3 aromatic rings. The Balaban J connectivity index is 1.72. The first-order valence-electron chi connectivity index (χ1n) is 9.61. The first-order valence-corrected chi connectivity index (χ1v) is 11.4. The van der Waals surface area contributed by atoms with Gasteiger partial charge in [0.05, 0.1) is 10.6 Å². The minimum Gasteiger partial charge on any atom is -0.307 e. The zero-order chi connectivity index (χ0) is 21.3. The molecule has 3 aromatic carbocycles. The van der Waals surface area contributed by atoms with Gasteiger partial charge in [0.2, 0.25) is 5.91 Å². The second-order valence-corrected chi connectivity index (χ2v) is 9.55. The summed E-state index contributed by atoms with van der Waals surface area (Å²) in [5, 5.41) is 0.490. The van der Waals surface area contributed by atoms with Crippen LogP contribution in [0.3, 0.4) is 0 Å². The number of halogens is 1. The highest BCUT2D eigenvalue weighted by Crippen LogP contribution is 2.33. The standard InChI is InChI=1S/C23H21ClN2O3S/c1-17-15-18-7-5-6-10-22(18)26(17)23(27)16-25(20-13-11-19(24)12-14-20)30(28,29)21-8-3-2-4-9-21/h2-14,17H,15-16H2,1H3/t17-/m1/s1. The van der Waals surface area contributed by atoms with E-state index in [1.165, 1.54) is 12.1 Å². The molecule has 0 aromatic heterocycles. The fourth-order valence-electron chi connectivity index (χ4n) is 3.79. The molecule has 0 radical (unpaired) electrons. The molecule has 0 saturated heterocycles. The predicted molar refractivity (Wildman–Crippen MR) is 120 cm³/mol. The maximum absolute atomic E-state index is 13.4. The van der Waals surface area contributed by atoms with Crippen molar-refractivity contribution in [3.05, 3.63) is 89.4 Å². The lowest BCUT2D eigenvalue weighted by atomic mass is 10.1. The van der Waals surface area contributed by atoms with Crippen LogP contribution >= 0.6 is 11.6 Å². The van der Waals surface area contributed by atoms with Crippen LogP contribution in [0.4, 0.5) is 11.4 Å². The van der Waals surface area contributed by atoms with Crippen LogP contribution in [-0.4, -0.2) is 26.9 Å². The first-order chi connectivity index (χ1) is 14.4. The molecule has 7 heteroatoms. The van der Waals surface area contributed by atoms with Gasteiger partial charge in [0.25, 0.3) is 10.0 Å². The number of anilines is 2. The Hall–Kier alpha value is -2.83. The SMILES string of the molecule is C[C@@H]1Cc2ccccc2N1C(=O)CN(c1ccc(Cl)cc1)S(=O)(=O)c1ccccc1. The summed E-state index contributed by atoms with van der Waals surface area (Å²) in [4.78, 5) is 15.2. The van der Waals surface area contributed by atoms with Gasteiger partial charge in [-0.05, 0) is 61.4 Å². The molecule has 0 bridgehead atoms. The van der Waals surface area contributed by atoms with E-state index in [-0.39, 0.29) is 23.4 Å². The monoisotopic (exact) mass is 440 g/mol. The van der Waals surface area contributed by atoms with Gasteiger partial charge >= 0.3 is 0 Å². The van der Waals surface area contributed by atoms with Crippen LogP contribution in [0.25, 0.3) is 0 Å². The van der Waals surface area contributed by atoms with E-state index >= 15 is 0 Å². The number of para-hydroxylation sites is 1. The number of carbonyl (C=O) groups excluding carboxylic acids is 1. The van der Waals surface area contributed by atoms with Crippen LogP contribution in [0.5, 0.6) is 0 Å². The van der Waals surface area contributed by atoms with Crippen LogP contribution < -0.4 is 9.21 Å². The molecule has 1 amide bonds. The Morgan fingerprint density at radius 2 is 1.63 bits per heavy atom. The molecule has 0 aliphatic carbocycles. The maximum atomic E-state index is 13.4. The van der Waals surface area contributed by atoms with Crippen LogP contribution in [0.15, 0.2) is 83.8 Å². The highest BCUT2D eigenvalue weighted by molar-refractivity contribution is 7.92. The van der Waals surface area contributed by atoms with Crippen LogP contribution in [0.2, 0.25) is 5.02 Å². The lowest BCUT2D eigenvalue weighted by Gasteiger charge is -2.29. The summed E-state index contributed by atoms with van der Waals surface area (Å²) < 4.78 is 28.0. The molecule has 4 rings (SSSR count). The van der Waals surface area contributed by atoms with Gasteiger partial charge in [-0.15, -0.1) is 0 Å². The molecule has 0 spiro atoms. The van der Waals surface area contributed by atoms with Gasteiger partial charge in [-0.25, -0.2) is 8.42 Å². The van der Waals surface area contributed by atoms with Gasteiger partial charge in [0.15, 0.2) is 0 Å². The number of benzene rings is 3. The summed E-state index contributed by atoms with van der Waals surface area (Å²) in [5.41, 5.74) is 2.31. The van der Waals surface area contributed by atoms with E-state index in [2.05, 4.69) is 0 Å². The Kier molecular flexibility index (Phi) is 5.54. The highest BCUT2D eigenvalue weighted by atomic mass is 35.5. The van der Waals surface area contributed by atoms with Gasteiger partial charge in [0, 0.05) is 16.8 Å². The van der Waals surface area contributed by atoms with Crippen molar-refractivity contribution in [2.24, 2.45) is 0 Å². The topological polar surface area (TPSA) is 57.7 Å². The van der Waals surface area contributed by atoms with Gasteiger partial charge < -0.3 is 4.90 Å². The summed E-state index contributed by atoms with van der Waals surface area (Å²) in [6, 6.07) is 22.2. The molecule has 1 aliphatic heterocycles. The molecule has 30 heavy (non-hydrogen) atoms. The number of hydrogen-bond acceptors (Lipinski definition) is 3. The molecule has 1 atom stereocenters. The van der Waals surface area contributed by atoms with Crippen molar-refractivity contribution < 1.29 is 13.2 Å². The lowest BCUT2D eigenvalue weighted by molar-refractivity contribution is -0.117. The number of amides is 1. The van der Waals surface area contributed by atoms with Crippen LogP contribution in [-0.2, 0) is 21.2 Å². The number of nitrogens with zero attached hydrogens (tertiary/aromatic N) is 2. The maximum Gasteiger partial charge on any atom is 0.264 e. The van der Waals surface area contributed by atoms with Crippen molar-refractivity contribution in [3.63, 3.8) is 0 Å². The van der Waals surface area contributed by atoms with Crippen molar-refractivity contribution in [1.82, 2.24) is 0 Å². The minimum atomic E-state index is -3.94. The summed E-state index contributed by atoms with van der Waals surface area (Å²) >= 11 is 5.99. The minimum absolute atomic E-state index is 0.0404. The Labute approximate surface area is 181 Å². The van der Waals surface area contributed by atoms with Crippen molar-refractivity contribution in [1.29, 1.82) is 0 Å². The normalized spacial score (nSPS) is 15.7. The molecule has 0 unspecified atom stereocenters. The smallest absolute Gasteiger partial charge is 0.264 e. The average molecular weight is 441 g/mol. The summed E-state index contributed by atoms with van der Waals surface area (Å²) in [5.74, 6) is -0.276. The number of hydrogen-bond donors (Lipinski definition) is 0. The predicted octanol–water partition coefficient (Wildman–Crippen LogP) is 4.51. The number of sulfonamides is 1. The molecule has 5 nitrogen and oxygen atoms in total. The van der Waals surface area contributed by atoms with Crippen LogP contribution in [0.1, 0.15) is 12.5 Å². The highest BCUT2D eigenvalue weighted by Gasteiger charge is 2.34. The third kappa shape index (κ3) is 3.80. The summed E-state index contributed by atoms with van der Waals surface area (Å²) in [6.07, 6.45) is 0.744. The fraction of sp³-hybridized carbons (Fsp3) is 0.174. The molecule has 0 saturated carbocycles. The second kappa shape index (κ2) is 8.13. The quantitative estimate of drug-likeness (QED) is 0.586. The first kappa shape index (κ1) is 20.4. The zero-order valence-corrected chi connectivity index (χ0v) is 18.0. The van der Waals surface area contributed by atoms with E-state index in [0.717, 1.165) is 22.0 Å². The average Bonchev–Trinajstić information content (AvgIpc) is 3.09. The van der Waals surface area contributed by atoms with Crippen molar-refractivity contribution in [3.8, 4) is 0 Å². The van der Waals surface area contributed by atoms with Gasteiger partial charge in [-0.2, -0.15) is 0 Å². The Bertz CT molecular complexity index is 1160. The van der Waals surface area contributed by atoms with Crippen LogP contribution in [0, 0.1) is 0 Å². The van der Waals surface area contributed by atoms with Gasteiger partial charge in [-0.1, -0.05) is 48.0 Å². The lowest BCUT2D eigenvalue weighted by Crippen LogP contribution is -2.45. The summed E-state index contributed by atoms with van der Waals surface area (Å²) in [7, 11) is -3.94. The van der Waals surface area contributed by atoms with Crippen molar-refractivity contribution in [2.45, 2.75) is 24.3 Å². The molecular formula is C23H21ClN2O3S. The van der Waals surface area contributed by atoms with E-state index in [1.54, 1.807) is 47.4 Å². The fourth-order valence-corrected chi connectivity index (χ4v) is 5.35. The largest absolute Gasteiger partial charge is 0.307 e. The molecular weight excluding hydrogens is 420 g/mol. The number of carbonyl (C=O) groups is 1. The number of rotatable bonds is 5. The van der Waals surface area contributed by atoms with Crippen molar-refractivity contribution in [2.75, 3.05) is 15.7 Å². The molecule has 1 heterocycles. The Morgan fingerprint density at radius 3 is 2.33 bits per heavy atom. The van der Waals surface area contributed by atoms with Crippen molar-refractivity contribution >= 4 is 38.9 Å². The van der Waals surface area contributed by atoms with E-state index in [0.29, 0.717) is 10.7 Å². The number of fused-ring (bicyclic) bond motifs is 1. The second-order valence-electron chi connectivity index (χ2n) is 7.25. The molecule has 0 N–H and O–H groups in total. The van der Waals surface area contributed by atoms with Gasteiger partial charge in [-0.3, -0.25) is 9.10 Å². The third-order valence-electron chi connectivity index (χ3n) is 5.20. The molecule has 0 fully saturated rings. The Morgan fingerprint density at radius 1 is 1.00 bits per heavy atom.